The number of H-pyrrole nitrogens is 2. The van der Waals surface area contributed by atoms with Crippen molar-refractivity contribution >= 4 is 28.6 Å². The first-order valence-corrected chi connectivity index (χ1v) is 7.09. The summed E-state index contributed by atoms with van der Waals surface area (Å²) >= 11 is 1.32. The van der Waals surface area contributed by atoms with E-state index in [0.717, 1.165) is 11.0 Å². The van der Waals surface area contributed by atoms with E-state index in [4.69, 9.17) is 0 Å². The Morgan fingerprint density at radius 1 is 1.19 bits per heavy atom. The summed E-state index contributed by atoms with van der Waals surface area (Å²) in [7, 11) is 0. The van der Waals surface area contributed by atoms with Crippen LogP contribution in [0.5, 0.6) is 0 Å². The normalized spacial score (nSPS) is 11.5. The van der Waals surface area contributed by atoms with Gasteiger partial charge < -0.3 is 4.98 Å². The molecule has 0 saturated heterocycles. The molecular weight excluding hydrogens is 288 g/mol. The Morgan fingerprint density at radius 2 is 2.10 bits per heavy atom. The molecule has 0 spiro atoms. The molecule has 1 aromatic carbocycles. The number of benzene rings is 1. The lowest BCUT2D eigenvalue weighted by molar-refractivity contribution is 0.848. The highest BCUT2D eigenvalue weighted by Crippen LogP contribution is 2.24. The number of rotatable bonds is 2. The molecule has 104 valence electrons. The van der Waals surface area contributed by atoms with Crippen molar-refractivity contribution in [2.24, 2.45) is 0 Å². The number of aryl methyl sites for hydroxylation is 1. The van der Waals surface area contributed by atoms with E-state index in [9.17, 15) is 4.79 Å². The molecule has 2 N–H and O–H groups in total. The number of hydrogen-bond donors (Lipinski definition) is 2. The summed E-state index contributed by atoms with van der Waals surface area (Å²) in [5.41, 5.74) is 2.85. The van der Waals surface area contributed by atoms with E-state index in [2.05, 4.69) is 25.0 Å². The van der Waals surface area contributed by atoms with Crippen LogP contribution in [0.3, 0.4) is 0 Å². The number of aromatic nitrogens is 6. The van der Waals surface area contributed by atoms with Crippen LogP contribution < -0.4 is 5.56 Å². The average Bonchev–Trinajstić information content (AvgIpc) is 3.02. The minimum atomic E-state index is -0.195. The van der Waals surface area contributed by atoms with Crippen molar-refractivity contribution < 1.29 is 0 Å². The van der Waals surface area contributed by atoms with Gasteiger partial charge in [0.15, 0.2) is 10.3 Å². The summed E-state index contributed by atoms with van der Waals surface area (Å²) in [6.45, 7) is 2.03. The second-order valence-electron chi connectivity index (χ2n) is 4.61. The van der Waals surface area contributed by atoms with Crippen LogP contribution in [0.4, 0.5) is 0 Å². The van der Waals surface area contributed by atoms with E-state index in [-0.39, 0.29) is 5.56 Å². The standard InChI is InChI=1S/C13H10N6OS/c1-7-2-3-8-9(6-7)16-12(15-8)21-13-17-11-14-5-4-10(20)19(11)18-13/h2-6H,1H3,(H,15,16)(H,14,17,18). The molecular formula is C13H10N6OS. The first kappa shape index (κ1) is 12.2. The van der Waals surface area contributed by atoms with E-state index in [0.29, 0.717) is 16.1 Å². The number of imidazole rings is 1. The highest BCUT2D eigenvalue weighted by Gasteiger charge is 2.09. The van der Waals surface area contributed by atoms with Gasteiger partial charge in [0.25, 0.3) is 11.3 Å². The lowest BCUT2D eigenvalue weighted by Gasteiger charge is -1.90. The smallest absolute Gasteiger partial charge is 0.273 e. The quantitative estimate of drug-likeness (QED) is 0.588. The fraction of sp³-hybridized carbons (Fsp3) is 0.0769. The van der Waals surface area contributed by atoms with Crippen LogP contribution in [0, 0.1) is 6.92 Å². The Kier molecular flexibility index (Phi) is 2.58. The van der Waals surface area contributed by atoms with Gasteiger partial charge in [-0.15, -0.1) is 0 Å². The monoisotopic (exact) mass is 298 g/mol. The summed E-state index contributed by atoms with van der Waals surface area (Å²) in [4.78, 5) is 27.6. The first-order chi connectivity index (χ1) is 10.2. The maximum absolute atomic E-state index is 11.6. The average molecular weight is 298 g/mol. The summed E-state index contributed by atoms with van der Waals surface area (Å²) in [5.74, 6) is 0.344. The van der Waals surface area contributed by atoms with E-state index >= 15 is 0 Å². The summed E-state index contributed by atoms with van der Waals surface area (Å²) in [6.07, 6.45) is 1.44. The molecule has 0 aliphatic carbocycles. The van der Waals surface area contributed by atoms with Gasteiger partial charge in [-0.1, -0.05) is 6.07 Å². The molecule has 0 amide bonds. The first-order valence-electron chi connectivity index (χ1n) is 6.27. The third-order valence-electron chi connectivity index (χ3n) is 3.05. The van der Waals surface area contributed by atoms with Gasteiger partial charge in [-0.2, -0.15) is 9.50 Å². The molecule has 21 heavy (non-hydrogen) atoms. The molecule has 0 aliphatic rings. The Labute approximate surface area is 122 Å². The van der Waals surface area contributed by atoms with Crippen molar-refractivity contribution in [2.75, 3.05) is 0 Å². The van der Waals surface area contributed by atoms with Gasteiger partial charge in [0, 0.05) is 12.3 Å². The Morgan fingerprint density at radius 3 is 2.95 bits per heavy atom. The molecule has 0 fully saturated rings. The van der Waals surface area contributed by atoms with Crippen molar-refractivity contribution in [3.05, 3.63) is 46.4 Å². The molecule has 7 nitrogen and oxygen atoms in total. The van der Waals surface area contributed by atoms with Crippen LogP contribution in [-0.2, 0) is 0 Å². The molecule has 0 unspecified atom stereocenters. The van der Waals surface area contributed by atoms with Crippen LogP contribution in [0.2, 0.25) is 0 Å². The maximum atomic E-state index is 11.6. The lowest BCUT2D eigenvalue weighted by atomic mass is 10.2. The topological polar surface area (TPSA) is 91.7 Å². The predicted molar refractivity (Wildman–Crippen MR) is 78.6 cm³/mol. The minimum absolute atomic E-state index is 0.195. The molecule has 0 atom stereocenters. The molecule has 4 rings (SSSR count). The Balaban J connectivity index is 1.75. The molecule has 0 saturated carbocycles. The molecule has 0 radical (unpaired) electrons. The van der Waals surface area contributed by atoms with Crippen molar-refractivity contribution in [1.29, 1.82) is 0 Å². The SMILES string of the molecule is Cc1ccc2nc(Sc3nc4nccc(=O)n4[nH]3)[nH]c2c1. The molecule has 0 bridgehead atoms. The number of nitrogens with one attached hydrogen (secondary N) is 2. The van der Waals surface area contributed by atoms with E-state index in [1.165, 1.54) is 34.1 Å². The van der Waals surface area contributed by atoms with E-state index in [1.807, 2.05) is 25.1 Å². The number of nitrogens with zero attached hydrogens (tertiary/aromatic N) is 4. The van der Waals surface area contributed by atoms with Crippen LogP contribution >= 0.6 is 11.8 Å². The van der Waals surface area contributed by atoms with E-state index < -0.39 is 0 Å². The zero-order chi connectivity index (χ0) is 14.4. The maximum Gasteiger partial charge on any atom is 0.273 e. The van der Waals surface area contributed by atoms with Crippen molar-refractivity contribution in [1.82, 2.24) is 29.5 Å². The lowest BCUT2D eigenvalue weighted by Crippen LogP contribution is -2.12. The van der Waals surface area contributed by atoms with Crippen molar-refractivity contribution in [3.63, 3.8) is 0 Å². The van der Waals surface area contributed by atoms with Crippen LogP contribution in [-0.4, -0.2) is 29.5 Å². The molecule has 4 aromatic rings. The second kappa shape index (κ2) is 4.45. The summed E-state index contributed by atoms with van der Waals surface area (Å²) in [5, 5.41) is 4.17. The number of hydrogen-bond acceptors (Lipinski definition) is 5. The zero-order valence-electron chi connectivity index (χ0n) is 11.0. The third-order valence-corrected chi connectivity index (χ3v) is 3.81. The molecule has 3 heterocycles. The Bertz CT molecular complexity index is 1010. The summed E-state index contributed by atoms with van der Waals surface area (Å²) < 4.78 is 1.30. The highest BCUT2D eigenvalue weighted by atomic mass is 32.2. The van der Waals surface area contributed by atoms with Crippen LogP contribution in [0.1, 0.15) is 5.56 Å². The van der Waals surface area contributed by atoms with Gasteiger partial charge in [0.1, 0.15) is 0 Å². The molecule has 8 heteroatoms. The van der Waals surface area contributed by atoms with Crippen molar-refractivity contribution in [3.8, 4) is 0 Å². The third kappa shape index (κ3) is 2.09. The number of fused-ring (bicyclic) bond motifs is 2. The van der Waals surface area contributed by atoms with Crippen molar-refractivity contribution in [2.45, 2.75) is 17.2 Å². The fourth-order valence-corrected chi connectivity index (χ4v) is 2.83. The predicted octanol–water partition coefficient (Wildman–Crippen LogP) is 1.75. The van der Waals surface area contributed by atoms with Gasteiger partial charge in [-0.3, -0.25) is 9.89 Å². The van der Waals surface area contributed by atoms with Gasteiger partial charge in [0.2, 0.25) is 0 Å². The second-order valence-corrected chi connectivity index (χ2v) is 5.59. The van der Waals surface area contributed by atoms with Gasteiger partial charge >= 0.3 is 0 Å². The Hall–Kier alpha value is -2.61. The molecule has 3 aromatic heterocycles. The van der Waals surface area contributed by atoms with Crippen LogP contribution in [0.25, 0.3) is 16.8 Å². The zero-order valence-corrected chi connectivity index (χ0v) is 11.8. The van der Waals surface area contributed by atoms with Crippen LogP contribution in [0.15, 0.2) is 45.6 Å². The summed E-state index contributed by atoms with van der Waals surface area (Å²) in [6, 6.07) is 7.40. The van der Waals surface area contributed by atoms with Gasteiger partial charge in [-0.25, -0.2) is 9.97 Å². The highest BCUT2D eigenvalue weighted by molar-refractivity contribution is 7.99. The van der Waals surface area contributed by atoms with E-state index in [1.54, 1.807) is 0 Å². The minimum Gasteiger partial charge on any atom is -0.333 e. The number of aromatic amines is 2. The molecule has 0 aliphatic heterocycles. The largest absolute Gasteiger partial charge is 0.333 e. The fourth-order valence-electron chi connectivity index (χ4n) is 2.08. The van der Waals surface area contributed by atoms with Gasteiger partial charge in [0.05, 0.1) is 11.0 Å². The van der Waals surface area contributed by atoms with Gasteiger partial charge in [-0.05, 0) is 36.4 Å².